The summed E-state index contributed by atoms with van der Waals surface area (Å²) in [5.41, 5.74) is 0.779. The lowest BCUT2D eigenvalue weighted by Crippen LogP contribution is -2.43. The molecule has 1 heterocycles. The Balaban J connectivity index is 2.55. The number of aromatic nitrogens is 2. The van der Waals surface area contributed by atoms with Crippen molar-refractivity contribution in [2.45, 2.75) is 38.6 Å². The smallest absolute Gasteiger partial charge is 0.328 e. The number of rotatable bonds is 7. The molecule has 100 valence electrons. The Hall–Kier alpha value is -1.85. The van der Waals surface area contributed by atoms with Crippen LogP contribution in [0.3, 0.4) is 0 Å². The maximum atomic E-state index is 11.6. The van der Waals surface area contributed by atoms with Gasteiger partial charge in [-0.05, 0) is 6.42 Å². The molecule has 1 amide bonds. The van der Waals surface area contributed by atoms with Gasteiger partial charge in [-0.25, -0.2) is 9.78 Å². The molecule has 0 aliphatic rings. The molecule has 1 aromatic rings. The third-order valence-electron chi connectivity index (χ3n) is 2.56. The summed E-state index contributed by atoms with van der Waals surface area (Å²) in [4.78, 5) is 30.0. The van der Waals surface area contributed by atoms with E-state index in [1.165, 1.54) is 13.4 Å². The molecule has 0 aliphatic heterocycles. The number of nitrogens with one attached hydrogen (secondary N) is 2. The summed E-state index contributed by atoms with van der Waals surface area (Å²) in [5, 5.41) is 2.68. The molecule has 1 unspecified atom stereocenters. The fourth-order valence-electron chi connectivity index (χ4n) is 1.56. The lowest BCUT2D eigenvalue weighted by atomic mass is 10.1. The molecule has 0 bridgehead atoms. The van der Waals surface area contributed by atoms with Crippen LogP contribution in [0.1, 0.15) is 31.9 Å². The first-order valence-electron chi connectivity index (χ1n) is 6.01. The first-order valence-corrected chi connectivity index (χ1v) is 6.01. The maximum Gasteiger partial charge on any atom is 0.328 e. The quantitative estimate of drug-likeness (QED) is 0.704. The van der Waals surface area contributed by atoms with Crippen molar-refractivity contribution < 1.29 is 14.3 Å². The summed E-state index contributed by atoms with van der Waals surface area (Å²) in [6.45, 7) is 2.01. The highest BCUT2D eigenvalue weighted by molar-refractivity contribution is 5.84. The van der Waals surface area contributed by atoms with Crippen molar-refractivity contribution in [3.8, 4) is 0 Å². The highest BCUT2D eigenvalue weighted by Gasteiger charge is 2.22. The average molecular weight is 253 g/mol. The number of imidazole rings is 1. The molecule has 6 nitrogen and oxygen atoms in total. The number of nitrogens with zero attached hydrogens (tertiary/aromatic N) is 1. The Morgan fingerprint density at radius 3 is 2.89 bits per heavy atom. The van der Waals surface area contributed by atoms with Crippen molar-refractivity contribution in [1.82, 2.24) is 15.3 Å². The second-order valence-corrected chi connectivity index (χ2v) is 4.03. The number of unbranched alkanes of at least 4 members (excludes halogenated alkanes) is 1. The van der Waals surface area contributed by atoms with Crippen molar-refractivity contribution >= 4 is 11.9 Å². The highest BCUT2D eigenvalue weighted by Crippen LogP contribution is 2.02. The second-order valence-electron chi connectivity index (χ2n) is 4.03. The Bertz CT molecular complexity index is 376. The van der Waals surface area contributed by atoms with Crippen LogP contribution in [0.2, 0.25) is 0 Å². The van der Waals surface area contributed by atoms with Crippen LogP contribution in [0, 0.1) is 0 Å². The Kier molecular flexibility index (Phi) is 5.90. The number of ether oxygens (including phenoxy) is 1. The van der Waals surface area contributed by atoms with Crippen LogP contribution in [0.5, 0.6) is 0 Å². The number of hydrogen-bond donors (Lipinski definition) is 2. The van der Waals surface area contributed by atoms with Gasteiger partial charge in [0, 0.05) is 24.7 Å². The topological polar surface area (TPSA) is 84.1 Å². The zero-order chi connectivity index (χ0) is 13.4. The molecule has 18 heavy (non-hydrogen) atoms. The maximum absolute atomic E-state index is 11.6. The molecule has 0 aliphatic carbocycles. The van der Waals surface area contributed by atoms with Crippen molar-refractivity contribution in [1.29, 1.82) is 0 Å². The minimum Gasteiger partial charge on any atom is -0.467 e. The standard InChI is InChI=1S/C12H19N3O3/c1-3-4-5-11(16)15-10(12(17)18-2)6-9-7-13-8-14-9/h7-8,10H,3-6H2,1-2H3,(H,13,14)(H,15,16). The lowest BCUT2D eigenvalue weighted by Gasteiger charge is -2.15. The van der Waals surface area contributed by atoms with Crippen LogP contribution in [0.15, 0.2) is 12.5 Å². The summed E-state index contributed by atoms with van der Waals surface area (Å²) in [6, 6.07) is -0.667. The van der Waals surface area contributed by atoms with Crippen molar-refractivity contribution in [3.05, 3.63) is 18.2 Å². The van der Waals surface area contributed by atoms with E-state index in [9.17, 15) is 9.59 Å². The van der Waals surface area contributed by atoms with Gasteiger partial charge in [0.05, 0.1) is 13.4 Å². The van der Waals surface area contributed by atoms with E-state index >= 15 is 0 Å². The molecule has 1 rings (SSSR count). The zero-order valence-corrected chi connectivity index (χ0v) is 10.7. The predicted molar refractivity (Wildman–Crippen MR) is 65.8 cm³/mol. The van der Waals surface area contributed by atoms with E-state index in [0.717, 1.165) is 18.5 Å². The SMILES string of the molecule is CCCCC(=O)NC(Cc1cnc[nH]1)C(=O)OC. The monoisotopic (exact) mass is 253 g/mol. The molecule has 0 spiro atoms. The number of hydrogen-bond acceptors (Lipinski definition) is 4. The van der Waals surface area contributed by atoms with E-state index in [1.54, 1.807) is 6.20 Å². The van der Waals surface area contributed by atoms with Crippen LogP contribution in [0.25, 0.3) is 0 Å². The molecule has 0 radical (unpaired) electrons. The van der Waals surface area contributed by atoms with Gasteiger partial charge in [-0.15, -0.1) is 0 Å². The van der Waals surface area contributed by atoms with E-state index in [2.05, 4.69) is 20.0 Å². The van der Waals surface area contributed by atoms with E-state index in [4.69, 9.17) is 0 Å². The fraction of sp³-hybridized carbons (Fsp3) is 0.583. The van der Waals surface area contributed by atoms with Crippen LogP contribution in [0.4, 0.5) is 0 Å². The average Bonchev–Trinajstić information content (AvgIpc) is 2.87. The van der Waals surface area contributed by atoms with E-state index in [-0.39, 0.29) is 5.91 Å². The molecule has 0 aromatic carbocycles. The summed E-state index contributed by atoms with van der Waals surface area (Å²) >= 11 is 0. The Labute approximate surface area is 106 Å². The number of carbonyl (C=O) groups is 2. The molecular weight excluding hydrogens is 234 g/mol. The molecule has 0 saturated heterocycles. The Morgan fingerprint density at radius 1 is 1.56 bits per heavy atom. The van der Waals surface area contributed by atoms with Gasteiger partial charge in [-0.2, -0.15) is 0 Å². The minimum atomic E-state index is -0.667. The number of H-pyrrole nitrogens is 1. The molecular formula is C12H19N3O3. The van der Waals surface area contributed by atoms with Crippen LogP contribution in [-0.4, -0.2) is 35.0 Å². The van der Waals surface area contributed by atoms with Crippen molar-refractivity contribution in [2.24, 2.45) is 0 Å². The van der Waals surface area contributed by atoms with Crippen LogP contribution < -0.4 is 5.32 Å². The van der Waals surface area contributed by atoms with Gasteiger partial charge in [-0.1, -0.05) is 13.3 Å². The molecule has 0 saturated carbocycles. The van der Waals surface area contributed by atoms with Gasteiger partial charge in [-0.3, -0.25) is 4.79 Å². The molecule has 0 fully saturated rings. The lowest BCUT2D eigenvalue weighted by molar-refractivity contribution is -0.145. The molecule has 2 N–H and O–H groups in total. The van der Waals surface area contributed by atoms with Crippen LogP contribution in [-0.2, 0) is 20.7 Å². The first-order chi connectivity index (χ1) is 8.67. The number of aromatic amines is 1. The normalized spacial score (nSPS) is 11.9. The number of amides is 1. The number of methoxy groups -OCH3 is 1. The van der Waals surface area contributed by atoms with Gasteiger partial charge in [0.1, 0.15) is 6.04 Å². The zero-order valence-electron chi connectivity index (χ0n) is 10.7. The summed E-state index contributed by atoms with van der Waals surface area (Å²) < 4.78 is 4.68. The van der Waals surface area contributed by atoms with Gasteiger partial charge in [0.15, 0.2) is 0 Å². The molecule has 1 aromatic heterocycles. The van der Waals surface area contributed by atoms with Gasteiger partial charge < -0.3 is 15.0 Å². The van der Waals surface area contributed by atoms with Crippen molar-refractivity contribution in [3.63, 3.8) is 0 Å². The van der Waals surface area contributed by atoms with Crippen molar-refractivity contribution in [2.75, 3.05) is 7.11 Å². The number of esters is 1. The van der Waals surface area contributed by atoms with Gasteiger partial charge in [0.25, 0.3) is 0 Å². The summed E-state index contributed by atoms with van der Waals surface area (Å²) in [5.74, 6) is -0.582. The number of carbonyl (C=O) groups excluding carboxylic acids is 2. The third kappa shape index (κ3) is 4.57. The second kappa shape index (κ2) is 7.47. The Morgan fingerprint density at radius 2 is 2.33 bits per heavy atom. The van der Waals surface area contributed by atoms with Gasteiger partial charge >= 0.3 is 5.97 Å². The minimum absolute atomic E-state index is 0.133. The third-order valence-corrected chi connectivity index (χ3v) is 2.56. The highest BCUT2D eigenvalue weighted by atomic mass is 16.5. The summed E-state index contributed by atoms with van der Waals surface area (Å²) in [7, 11) is 1.31. The van der Waals surface area contributed by atoms with E-state index in [0.29, 0.717) is 12.8 Å². The fourth-order valence-corrected chi connectivity index (χ4v) is 1.56. The largest absolute Gasteiger partial charge is 0.467 e. The van der Waals surface area contributed by atoms with Gasteiger partial charge in [0.2, 0.25) is 5.91 Å². The van der Waals surface area contributed by atoms with E-state index in [1.807, 2.05) is 6.92 Å². The summed E-state index contributed by atoms with van der Waals surface area (Å²) in [6.07, 6.45) is 5.68. The van der Waals surface area contributed by atoms with Crippen LogP contribution >= 0.6 is 0 Å². The molecule has 6 heteroatoms. The van der Waals surface area contributed by atoms with E-state index < -0.39 is 12.0 Å². The first kappa shape index (κ1) is 14.2. The molecule has 1 atom stereocenters. The predicted octanol–water partition coefficient (Wildman–Crippen LogP) is 0.800.